The van der Waals surface area contributed by atoms with Crippen molar-refractivity contribution in [3.63, 3.8) is 0 Å². The van der Waals surface area contributed by atoms with Crippen molar-refractivity contribution in [1.29, 1.82) is 0 Å². The number of carbonyl (C=O) groups is 1. The fourth-order valence-corrected chi connectivity index (χ4v) is 4.05. The number of rotatable bonds is 6. The van der Waals surface area contributed by atoms with Gasteiger partial charge in [0.05, 0.1) is 12.2 Å². The van der Waals surface area contributed by atoms with Crippen LogP contribution in [0.3, 0.4) is 0 Å². The molecule has 2 aromatic carbocycles. The van der Waals surface area contributed by atoms with Crippen molar-refractivity contribution in [2.24, 2.45) is 0 Å². The summed E-state index contributed by atoms with van der Waals surface area (Å²) < 4.78 is 5.82. The Bertz CT molecular complexity index is 1390. The average Bonchev–Trinajstić information content (AvgIpc) is 3.54. The molecule has 1 N–H and O–H groups in total. The molecule has 5 aromatic rings. The van der Waals surface area contributed by atoms with E-state index in [2.05, 4.69) is 25.5 Å². The van der Waals surface area contributed by atoms with Crippen LogP contribution in [0.1, 0.15) is 20.9 Å². The third-order valence-electron chi connectivity index (χ3n) is 5.01. The van der Waals surface area contributed by atoms with Crippen molar-refractivity contribution in [3.05, 3.63) is 94.6 Å². The Hall–Kier alpha value is -4.17. The van der Waals surface area contributed by atoms with Gasteiger partial charge in [-0.3, -0.25) is 9.78 Å². The highest BCUT2D eigenvalue weighted by Crippen LogP contribution is 2.25. The lowest BCUT2D eigenvalue weighted by molar-refractivity contribution is 0.0951. The van der Waals surface area contributed by atoms with E-state index in [4.69, 9.17) is 4.42 Å². The van der Waals surface area contributed by atoms with Crippen LogP contribution < -0.4 is 5.32 Å². The average molecular weight is 454 g/mol. The minimum absolute atomic E-state index is 0.173. The Kier molecular flexibility index (Phi) is 5.73. The van der Waals surface area contributed by atoms with E-state index in [1.807, 2.05) is 48.7 Å². The molecular weight excluding hydrogens is 434 g/mol. The van der Waals surface area contributed by atoms with Crippen molar-refractivity contribution in [3.8, 4) is 34.2 Å². The third kappa shape index (κ3) is 4.70. The van der Waals surface area contributed by atoms with E-state index in [0.717, 1.165) is 33.0 Å². The summed E-state index contributed by atoms with van der Waals surface area (Å²) in [5, 5.41) is 14.0. The minimum Gasteiger partial charge on any atom is -0.416 e. The molecule has 5 rings (SSSR count). The zero-order chi connectivity index (χ0) is 22.6. The molecule has 0 saturated carbocycles. The summed E-state index contributed by atoms with van der Waals surface area (Å²) in [5.74, 6) is 0.697. The first-order valence-corrected chi connectivity index (χ1v) is 11.2. The molecule has 33 heavy (non-hydrogen) atoms. The van der Waals surface area contributed by atoms with Crippen molar-refractivity contribution in [2.45, 2.75) is 13.5 Å². The van der Waals surface area contributed by atoms with Gasteiger partial charge in [0, 0.05) is 40.0 Å². The Labute approximate surface area is 194 Å². The number of benzene rings is 2. The molecule has 3 aromatic heterocycles. The van der Waals surface area contributed by atoms with Crippen LogP contribution in [0.2, 0.25) is 0 Å². The molecule has 0 saturated heterocycles. The minimum atomic E-state index is -0.173. The Balaban J connectivity index is 1.23. The SMILES string of the molecule is Cc1cccc(-c2nnc(-c3ccc(C(=O)NCc4nc(-c5ccncc5)cs4)cc3)o2)c1. The lowest BCUT2D eigenvalue weighted by atomic mass is 10.1. The molecule has 0 radical (unpaired) electrons. The van der Waals surface area contributed by atoms with Gasteiger partial charge in [0.15, 0.2) is 0 Å². The van der Waals surface area contributed by atoms with Gasteiger partial charge >= 0.3 is 0 Å². The van der Waals surface area contributed by atoms with Crippen LogP contribution in [0.5, 0.6) is 0 Å². The van der Waals surface area contributed by atoms with Crippen LogP contribution in [0, 0.1) is 6.92 Å². The standard InChI is InChI=1S/C25H19N5O2S/c1-16-3-2-4-20(13-16)25-30-29-24(32-25)19-7-5-18(6-8-19)23(31)27-14-22-28-21(15-33-22)17-9-11-26-12-10-17/h2-13,15H,14H2,1H3,(H,27,31). The number of nitrogens with zero attached hydrogens (tertiary/aromatic N) is 4. The monoisotopic (exact) mass is 453 g/mol. The molecule has 8 heteroatoms. The molecule has 0 aliphatic rings. The van der Waals surface area contributed by atoms with Gasteiger partial charge in [0.1, 0.15) is 5.01 Å². The molecule has 7 nitrogen and oxygen atoms in total. The van der Waals surface area contributed by atoms with Crippen molar-refractivity contribution >= 4 is 17.2 Å². The molecule has 0 aliphatic heterocycles. The van der Waals surface area contributed by atoms with E-state index >= 15 is 0 Å². The molecule has 1 amide bonds. The van der Waals surface area contributed by atoms with Gasteiger partial charge in [-0.15, -0.1) is 21.5 Å². The Morgan fingerprint density at radius 2 is 1.70 bits per heavy atom. The molecule has 0 bridgehead atoms. The van der Waals surface area contributed by atoms with Gasteiger partial charge in [0.2, 0.25) is 11.8 Å². The van der Waals surface area contributed by atoms with Gasteiger partial charge in [-0.1, -0.05) is 17.7 Å². The van der Waals surface area contributed by atoms with Gasteiger partial charge in [0.25, 0.3) is 5.91 Å². The number of aromatic nitrogens is 4. The van der Waals surface area contributed by atoms with Crippen LogP contribution in [-0.4, -0.2) is 26.1 Å². The molecular formula is C25H19N5O2S. The topological polar surface area (TPSA) is 93.8 Å². The smallest absolute Gasteiger partial charge is 0.251 e. The second-order valence-electron chi connectivity index (χ2n) is 7.40. The number of carbonyl (C=O) groups excluding carboxylic acids is 1. The van der Waals surface area contributed by atoms with Crippen LogP contribution in [0.15, 0.2) is 82.9 Å². The lowest BCUT2D eigenvalue weighted by Crippen LogP contribution is -2.22. The summed E-state index contributed by atoms with van der Waals surface area (Å²) in [5.41, 5.74) is 5.16. The molecule has 162 valence electrons. The van der Waals surface area contributed by atoms with Gasteiger partial charge in [-0.25, -0.2) is 4.98 Å². The third-order valence-corrected chi connectivity index (χ3v) is 5.86. The fraction of sp³-hybridized carbons (Fsp3) is 0.0800. The maximum Gasteiger partial charge on any atom is 0.251 e. The number of nitrogens with one attached hydrogen (secondary N) is 1. The highest BCUT2D eigenvalue weighted by atomic mass is 32.1. The summed E-state index contributed by atoms with van der Waals surface area (Å²) in [4.78, 5) is 21.2. The van der Waals surface area contributed by atoms with E-state index in [9.17, 15) is 4.79 Å². The zero-order valence-corrected chi connectivity index (χ0v) is 18.5. The van der Waals surface area contributed by atoms with Crippen LogP contribution in [0.25, 0.3) is 34.2 Å². The molecule has 0 aliphatic carbocycles. The molecule has 0 fully saturated rings. The predicted octanol–water partition coefficient (Wildman–Crippen LogP) is 5.16. The van der Waals surface area contributed by atoms with Crippen molar-refractivity contribution < 1.29 is 9.21 Å². The summed E-state index contributed by atoms with van der Waals surface area (Å²) in [6.45, 7) is 2.37. The number of amides is 1. The molecule has 0 atom stereocenters. The second-order valence-corrected chi connectivity index (χ2v) is 8.35. The van der Waals surface area contributed by atoms with Crippen LogP contribution >= 0.6 is 11.3 Å². The number of pyridine rings is 1. The van der Waals surface area contributed by atoms with Crippen LogP contribution in [-0.2, 0) is 6.54 Å². The molecule has 0 spiro atoms. The first-order chi connectivity index (χ1) is 16.2. The zero-order valence-electron chi connectivity index (χ0n) is 17.7. The summed E-state index contributed by atoms with van der Waals surface area (Å²) in [6.07, 6.45) is 3.47. The summed E-state index contributed by atoms with van der Waals surface area (Å²) >= 11 is 1.51. The largest absolute Gasteiger partial charge is 0.416 e. The van der Waals surface area contributed by atoms with E-state index in [-0.39, 0.29) is 5.91 Å². The van der Waals surface area contributed by atoms with Crippen molar-refractivity contribution in [1.82, 2.24) is 25.5 Å². The quantitative estimate of drug-likeness (QED) is 0.382. The van der Waals surface area contributed by atoms with E-state index in [1.54, 1.807) is 36.7 Å². The first-order valence-electron chi connectivity index (χ1n) is 10.3. The summed E-state index contributed by atoms with van der Waals surface area (Å²) in [7, 11) is 0. The Morgan fingerprint density at radius 1 is 0.939 bits per heavy atom. The molecule has 3 heterocycles. The first kappa shape index (κ1) is 20.7. The predicted molar refractivity (Wildman–Crippen MR) is 126 cm³/mol. The number of aryl methyl sites for hydroxylation is 1. The second kappa shape index (κ2) is 9.13. The van der Waals surface area contributed by atoms with Gasteiger partial charge in [-0.2, -0.15) is 0 Å². The van der Waals surface area contributed by atoms with E-state index in [0.29, 0.717) is 23.9 Å². The normalized spacial score (nSPS) is 10.8. The van der Waals surface area contributed by atoms with Crippen molar-refractivity contribution in [2.75, 3.05) is 0 Å². The number of hydrogen-bond donors (Lipinski definition) is 1. The lowest BCUT2D eigenvalue weighted by Gasteiger charge is -2.04. The fourth-order valence-electron chi connectivity index (χ4n) is 3.30. The van der Waals surface area contributed by atoms with E-state index < -0.39 is 0 Å². The molecule has 0 unspecified atom stereocenters. The highest BCUT2D eigenvalue weighted by Gasteiger charge is 2.13. The van der Waals surface area contributed by atoms with Gasteiger partial charge in [-0.05, 0) is 55.5 Å². The van der Waals surface area contributed by atoms with Crippen LogP contribution in [0.4, 0.5) is 0 Å². The van der Waals surface area contributed by atoms with Gasteiger partial charge < -0.3 is 9.73 Å². The number of hydrogen-bond acceptors (Lipinski definition) is 7. The van der Waals surface area contributed by atoms with E-state index in [1.165, 1.54) is 11.3 Å². The maximum atomic E-state index is 12.6. The highest BCUT2D eigenvalue weighted by molar-refractivity contribution is 7.09. The summed E-state index contributed by atoms with van der Waals surface area (Å²) in [6, 6.07) is 18.8. The maximum absolute atomic E-state index is 12.6. The number of thiazole rings is 1. The Morgan fingerprint density at radius 3 is 2.45 bits per heavy atom.